The van der Waals surface area contributed by atoms with Crippen LogP contribution in [-0.4, -0.2) is 53.4 Å². The van der Waals surface area contributed by atoms with Crippen LogP contribution in [0.25, 0.3) is 0 Å². The normalized spacial score (nSPS) is 12.6. The molecular formula is C26H38N4O5. The maximum Gasteiger partial charge on any atom is 0.408 e. The van der Waals surface area contributed by atoms with Crippen molar-refractivity contribution in [1.82, 2.24) is 15.5 Å². The number of alkyl carbamates (subject to hydrolysis) is 1. The molecule has 0 heterocycles. The number of nitrogens with zero attached hydrogens (tertiary/aromatic N) is 1. The van der Waals surface area contributed by atoms with Crippen molar-refractivity contribution in [1.29, 1.82) is 0 Å². The predicted molar refractivity (Wildman–Crippen MR) is 134 cm³/mol. The molecule has 0 aliphatic carbocycles. The standard InChI is InChI=1S/C26H38N4O5/c1-7-10-15-28-23(32)22(19-14-12-11-13-18(19)9-3)30(16-8-2)24(33)20(17-21(27)31)29-25(34)35-26(4,5)6/h3,11-14,20,22H,7-8,10,15-17H2,1-2,4-6H3,(H2,27,31)(H,28,32)(H,29,34). The van der Waals surface area contributed by atoms with Crippen molar-refractivity contribution >= 4 is 23.8 Å². The third kappa shape index (κ3) is 9.69. The van der Waals surface area contributed by atoms with Gasteiger partial charge in [-0.2, -0.15) is 0 Å². The maximum atomic E-state index is 13.7. The summed E-state index contributed by atoms with van der Waals surface area (Å²) >= 11 is 0. The van der Waals surface area contributed by atoms with Crippen LogP contribution in [-0.2, 0) is 19.1 Å². The molecule has 35 heavy (non-hydrogen) atoms. The Morgan fingerprint density at radius 3 is 2.34 bits per heavy atom. The van der Waals surface area contributed by atoms with E-state index in [1.165, 1.54) is 4.90 Å². The molecule has 4 amide bonds. The fourth-order valence-corrected chi connectivity index (χ4v) is 3.46. The first-order valence-electron chi connectivity index (χ1n) is 11.9. The topological polar surface area (TPSA) is 131 Å². The van der Waals surface area contributed by atoms with E-state index >= 15 is 0 Å². The molecule has 192 valence electrons. The highest BCUT2D eigenvalue weighted by atomic mass is 16.6. The monoisotopic (exact) mass is 486 g/mol. The summed E-state index contributed by atoms with van der Waals surface area (Å²) in [5.41, 5.74) is 5.49. The first-order valence-corrected chi connectivity index (χ1v) is 11.9. The molecule has 0 radical (unpaired) electrons. The number of hydrogen-bond acceptors (Lipinski definition) is 5. The third-order valence-electron chi connectivity index (χ3n) is 4.94. The molecule has 1 aromatic carbocycles. The molecular weight excluding hydrogens is 448 g/mol. The third-order valence-corrected chi connectivity index (χ3v) is 4.94. The summed E-state index contributed by atoms with van der Waals surface area (Å²) in [5.74, 6) is 0.739. The quantitative estimate of drug-likeness (QED) is 0.309. The van der Waals surface area contributed by atoms with Gasteiger partial charge in [-0.3, -0.25) is 14.4 Å². The number of benzene rings is 1. The van der Waals surface area contributed by atoms with Crippen molar-refractivity contribution in [2.75, 3.05) is 13.1 Å². The van der Waals surface area contributed by atoms with Crippen molar-refractivity contribution in [2.45, 2.75) is 78.0 Å². The number of carbonyl (C=O) groups excluding carboxylic acids is 4. The van der Waals surface area contributed by atoms with Gasteiger partial charge in [-0.1, -0.05) is 44.4 Å². The lowest BCUT2D eigenvalue weighted by molar-refractivity contribution is -0.143. The molecule has 0 aliphatic heterocycles. The Hall–Kier alpha value is -3.54. The van der Waals surface area contributed by atoms with Crippen molar-refractivity contribution < 1.29 is 23.9 Å². The molecule has 0 saturated heterocycles. The lowest BCUT2D eigenvalue weighted by Crippen LogP contribution is -2.54. The predicted octanol–water partition coefficient (Wildman–Crippen LogP) is 2.63. The van der Waals surface area contributed by atoms with Crippen LogP contribution < -0.4 is 16.4 Å². The van der Waals surface area contributed by atoms with Crippen molar-refractivity contribution in [3.63, 3.8) is 0 Å². The maximum absolute atomic E-state index is 13.7. The zero-order valence-corrected chi connectivity index (χ0v) is 21.3. The van der Waals surface area contributed by atoms with Gasteiger partial charge in [0.15, 0.2) is 0 Å². The summed E-state index contributed by atoms with van der Waals surface area (Å²) in [6, 6.07) is 4.48. The van der Waals surface area contributed by atoms with E-state index in [1.807, 2.05) is 13.8 Å². The lowest BCUT2D eigenvalue weighted by atomic mass is 9.97. The van der Waals surface area contributed by atoms with Crippen molar-refractivity contribution in [2.24, 2.45) is 5.73 Å². The largest absolute Gasteiger partial charge is 0.444 e. The number of ether oxygens (including phenoxy) is 1. The zero-order valence-electron chi connectivity index (χ0n) is 21.3. The Morgan fingerprint density at radius 2 is 1.80 bits per heavy atom. The van der Waals surface area contributed by atoms with Crippen LogP contribution in [0.15, 0.2) is 24.3 Å². The molecule has 0 bridgehead atoms. The summed E-state index contributed by atoms with van der Waals surface area (Å²) in [5, 5.41) is 5.32. The summed E-state index contributed by atoms with van der Waals surface area (Å²) in [7, 11) is 0. The molecule has 0 aromatic heterocycles. The number of rotatable bonds is 12. The highest BCUT2D eigenvalue weighted by Gasteiger charge is 2.37. The number of terminal acetylenes is 1. The van der Waals surface area contributed by atoms with Gasteiger partial charge in [0.25, 0.3) is 0 Å². The van der Waals surface area contributed by atoms with E-state index in [2.05, 4.69) is 16.6 Å². The van der Waals surface area contributed by atoms with Gasteiger partial charge in [0.1, 0.15) is 17.7 Å². The minimum atomic E-state index is -1.32. The van der Waals surface area contributed by atoms with Gasteiger partial charge in [-0.05, 0) is 45.2 Å². The second-order valence-corrected chi connectivity index (χ2v) is 9.18. The number of carbonyl (C=O) groups is 4. The number of nitrogens with two attached hydrogens (primary N) is 1. The molecule has 2 unspecified atom stereocenters. The van der Waals surface area contributed by atoms with Crippen LogP contribution in [0.5, 0.6) is 0 Å². The number of primary amides is 1. The Bertz CT molecular complexity index is 932. The highest BCUT2D eigenvalue weighted by molar-refractivity contribution is 5.94. The van der Waals surface area contributed by atoms with Gasteiger partial charge < -0.3 is 26.0 Å². The summed E-state index contributed by atoms with van der Waals surface area (Å²) in [6.45, 7) is 9.48. The summed E-state index contributed by atoms with van der Waals surface area (Å²) < 4.78 is 5.26. The highest BCUT2D eigenvalue weighted by Crippen LogP contribution is 2.26. The molecule has 1 rings (SSSR count). The lowest BCUT2D eigenvalue weighted by Gasteiger charge is -2.34. The van der Waals surface area contributed by atoms with E-state index in [9.17, 15) is 19.2 Å². The van der Waals surface area contributed by atoms with Crippen LogP contribution in [0.1, 0.15) is 77.5 Å². The Kier molecular flexibility index (Phi) is 11.8. The summed E-state index contributed by atoms with van der Waals surface area (Å²) in [4.78, 5) is 52.6. The van der Waals surface area contributed by atoms with E-state index in [4.69, 9.17) is 16.9 Å². The fourth-order valence-electron chi connectivity index (χ4n) is 3.46. The van der Waals surface area contributed by atoms with Gasteiger partial charge in [0.2, 0.25) is 17.7 Å². The molecule has 9 heteroatoms. The summed E-state index contributed by atoms with van der Waals surface area (Å²) in [6.07, 6.45) is 6.51. The van der Waals surface area contributed by atoms with Crippen LogP contribution >= 0.6 is 0 Å². The Balaban J connectivity index is 3.47. The van der Waals surface area contributed by atoms with Crippen LogP contribution in [0.3, 0.4) is 0 Å². The van der Waals surface area contributed by atoms with Crippen LogP contribution in [0, 0.1) is 12.3 Å². The van der Waals surface area contributed by atoms with E-state index < -0.39 is 47.9 Å². The van der Waals surface area contributed by atoms with E-state index in [0.29, 0.717) is 24.1 Å². The molecule has 0 aliphatic rings. The number of nitrogens with one attached hydrogen (secondary N) is 2. The average Bonchev–Trinajstić information content (AvgIpc) is 2.76. The second-order valence-electron chi connectivity index (χ2n) is 9.18. The number of amides is 4. The molecule has 4 N–H and O–H groups in total. The fraction of sp³-hybridized carbons (Fsp3) is 0.538. The van der Waals surface area contributed by atoms with Crippen molar-refractivity contribution in [3.8, 4) is 12.3 Å². The molecule has 0 spiro atoms. The first kappa shape index (κ1) is 29.5. The zero-order chi connectivity index (χ0) is 26.6. The first-order chi connectivity index (χ1) is 16.4. The van der Waals surface area contributed by atoms with E-state index in [1.54, 1.807) is 45.0 Å². The van der Waals surface area contributed by atoms with Gasteiger partial charge in [-0.25, -0.2) is 4.79 Å². The molecule has 0 saturated carbocycles. The minimum absolute atomic E-state index is 0.175. The smallest absolute Gasteiger partial charge is 0.408 e. The van der Waals surface area contributed by atoms with Gasteiger partial charge in [0, 0.05) is 18.7 Å². The Labute approximate surface area is 208 Å². The van der Waals surface area contributed by atoms with Crippen LogP contribution in [0.2, 0.25) is 0 Å². The van der Waals surface area contributed by atoms with Crippen molar-refractivity contribution in [3.05, 3.63) is 35.4 Å². The van der Waals surface area contributed by atoms with Gasteiger partial charge in [-0.15, -0.1) is 6.42 Å². The average molecular weight is 487 g/mol. The molecule has 2 atom stereocenters. The second kappa shape index (κ2) is 14.0. The van der Waals surface area contributed by atoms with Gasteiger partial charge in [0.05, 0.1) is 6.42 Å². The number of unbranched alkanes of at least 4 members (excludes halogenated alkanes) is 1. The molecule has 0 fully saturated rings. The Morgan fingerprint density at radius 1 is 1.14 bits per heavy atom. The molecule has 9 nitrogen and oxygen atoms in total. The van der Waals surface area contributed by atoms with Crippen LogP contribution in [0.4, 0.5) is 4.79 Å². The van der Waals surface area contributed by atoms with E-state index in [0.717, 1.165) is 12.8 Å². The SMILES string of the molecule is C#Cc1ccccc1C(C(=O)NCCCC)N(CCC)C(=O)C(CC(N)=O)NC(=O)OC(C)(C)C. The van der Waals surface area contributed by atoms with E-state index in [-0.39, 0.29) is 6.54 Å². The number of hydrogen-bond donors (Lipinski definition) is 3. The molecule has 1 aromatic rings. The minimum Gasteiger partial charge on any atom is -0.444 e. The van der Waals surface area contributed by atoms with Gasteiger partial charge >= 0.3 is 6.09 Å².